The number of rotatable bonds is 5. The van der Waals surface area contributed by atoms with Crippen molar-refractivity contribution < 1.29 is 9.72 Å². The van der Waals surface area contributed by atoms with Gasteiger partial charge in [0.25, 0.3) is 11.6 Å². The zero-order valence-electron chi connectivity index (χ0n) is 11.6. The van der Waals surface area contributed by atoms with E-state index in [9.17, 15) is 14.9 Å². The van der Waals surface area contributed by atoms with Crippen molar-refractivity contribution in [1.82, 2.24) is 5.32 Å². The van der Waals surface area contributed by atoms with Crippen LogP contribution in [-0.2, 0) is 0 Å². The first kappa shape index (κ1) is 15.1. The van der Waals surface area contributed by atoms with Gasteiger partial charge in [0, 0.05) is 17.8 Å². The van der Waals surface area contributed by atoms with Crippen LogP contribution in [0.15, 0.2) is 48.5 Å². The molecule has 0 atom stereocenters. The Labute approximate surface area is 127 Å². The highest BCUT2D eigenvalue weighted by atomic mass is 16.6. The van der Waals surface area contributed by atoms with Crippen LogP contribution >= 0.6 is 0 Å². The van der Waals surface area contributed by atoms with Crippen molar-refractivity contribution in [2.75, 3.05) is 11.9 Å². The maximum absolute atomic E-state index is 12.0. The molecule has 0 fully saturated rings. The molecule has 0 heterocycles. The van der Waals surface area contributed by atoms with Crippen LogP contribution in [0.4, 0.5) is 17.1 Å². The van der Waals surface area contributed by atoms with E-state index in [0.717, 1.165) is 0 Å². The van der Waals surface area contributed by atoms with Crippen LogP contribution in [-0.4, -0.2) is 17.4 Å². The number of amides is 1. The summed E-state index contributed by atoms with van der Waals surface area (Å²) in [5.74, 6) is 2.02. The second kappa shape index (κ2) is 6.90. The SMILES string of the molecule is C#CCNC(=O)c1ccccc1Nc1cccc([N+](=O)[O-])c1. The van der Waals surface area contributed by atoms with Crippen LogP contribution < -0.4 is 10.6 Å². The van der Waals surface area contributed by atoms with Gasteiger partial charge in [-0.05, 0) is 18.2 Å². The van der Waals surface area contributed by atoms with Crippen molar-refractivity contribution in [3.63, 3.8) is 0 Å². The number of carbonyl (C=O) groups is 1. The lowest BCUT2D eigenvalue weighted by Gasteiger charge is -2.11. The van der Waals surface area contributed by atoms with E-state index < -0.39 is 4.92 Å². The number of nitrogens with zero attached hydrogens (tertiary/aromatic N) is 1. The average molecular weight is 295 g/mol. The van der Waals surface area contributed by atoms with E-state index in [4.69, 9.17) is 6.42 Å². The molecule has 6 nitrogen and oxygen atoms in total. The molecule has 0 saturated carbocycles. The lowest BCUT2D eigenvalue weighted by atomic mass is 10.1. The third kappa shape index (κ3) is 3.61. The van der Waals surface area contributed by atoms with Crippen molar-refractivity contribution in [2.24, 2.45) is 0 Å². The van der Waals surface area contributed by atoms with Crippen molar-refractivity contribution in [3.05, 3.63) is 64.2 Å². The van der Waals surface area contributed by atoms with Crippen molar-refractivity contribution in [1.29, 1.82) is 0 Å². The normalized spacial score (nSPS) is 9.59. The van der Waals surface area contributed by atoms with Crippen molar-refractivity contribution in [2.45, 2.75) is 0 Å². The molecular weight excluding hydrogens is 282 g/mol. The Morgan fingerprint density at radius 3 is 2.73 bits per heavy atom. The number of nitro groups is 1. The van der Waals surface area contributed by atoms with Crippen LogP contribution in [0.5, 0.6) is 0 Å². The van der Waals surface area contributed by atoms with Crippen LogP contribution in [0, 0.1) is 22.5 Å². The van der Waals surface area contributed by atoms with Gasteiger partial charge in [-0.3, -0.25) is 14.9 Å². The van der Waals surface area contributed by atoms with Gasteiger partial charge in [0.15, 0.2) is 0 Å². The Morgan fingerprint density at radius 1 is 1.23 bits per heavy atom. The number of benzene rings is 2. The van der Waals surface area contributed by atoms with Gasteiger partial charge in [0.1, 0.15) is 0 Å². The Kier molecular flexibility index (Phi) is 4.73. The van der Waals surface area contributed by atoms with E-state index >= 15 is 0 Å². The molecule has 0 aliphatic rings. The highest BCUT2D eigenvalue weighted by molar-refractivity contribution is 6.00. The first-order chi connectivity index (χ1) is 10.6. The molecule has 22 heavy (non-hydrogen) atoms. The minimum atomic E-state index is -0.475. The summed E-state index contributed by atoms with van der Waals surface area (Å²) in [6.07, 6.45) is 5.12. The highest BCUT2D eigenvalue weighted by Crippen LogP contribution is 2.23. The van der Waals surface area contributed by atoms with Crippen LogP contribution in [0.2, 0.25) is 0 Å². The molecule has 2 N–H and O–H groups in total. The molecule has 2 rings (SSSR count). The number of hydrogen-bond acceptors (Lipinski definition) is 4. The number of nitro benzene ring substituents is 1. The van der Waals surface area contributed by atoms with Gasteiger partial charge >= 0.3 is 0 Å². The second-order valence-corrected chi connectivity index (χ2v) is 4.36. The molecule has 2 aromatic carbocycles. The minimum Gasteiger partial charge on any atom is -0.355 e. The van der Waals surface area contributed by atoms with Gasteiger partial charge in [-0.2, -0.15) is 0 Å². The van der Waals surface area contributed by atoms with Crippen LogP contribution in [0.3, 0.4) is 0 Å². The van der Waals surface area contributed by atoms with E-state index in [1.807, 2.05) is 0 Å². The fourth-order valence-electron chi connectivity index (χ4n) is 1.87. The first-order valence-electron chi connectivity index (χ1n) is 6.44. The van der Waals surface area contributed by atoms with Crippen molar-refractivity contribution in [3.8, 4) is 12.3 Å². The third-order valence-electron chi connectivity index (χ3n) is 2.86. The molecule has 1 amide bonds. The largest absolute Gasteiger partial charge is 0.355 e. The number of terminal acetylenes is 1. The van der Waals surface area contributed by atoms with Gasteiger partial charge in [-0.1, -0.05) is 24.1 Å². The fourth-order valence-corrected chi connectivity index (χ4v) is 1.87. The number of hydrogen-bond donors (Lipinski definition) is 2. The highest BCUT2D eigenvalue weighted by Gasteiger charge is 2.11. The number of nitrogens with one attached hydrogen (secondary N) is 2. The lowest BCUT2D eigenvalue weighted by Crippen LogP contribution is -2.24. The molecule has 110 valence electrons. The quantitative estimate of drug-likeness (QED) is 0.504. The molecule has 0 saturated heterocycles. The molecule has 2 aromatic rings. The Morgan fingerprint density at radius 2 is 2.00 bits per heavy atom. The molecule has 0 aliphatic heterocycles. The summed E-state index contributed by atoms with van der Waals surface area (Å²) in [6.45, 7) is 0.129. The second-order valence-electron chi connectivity index (χ2n) is 4.36. The van der Waals surface area contributed by atoms with E-state index in [1.165, 1.54) is 12.1 Å². The summed E-state index contributed by atoms with van der Waals surface area (Å²) >= 11 is 0. The minimum absolute atomic E-state index is 0.0285. The molecular formula is C16H13N3O3. The smallest absolute Gasteiger partial charge is 0.271 e. The Balaban J connectivity index is 2.27. The standard InChI is InChI=1S/C16H13N3O3/c1-2-10-17-16(20)14-8-3-4-9-15(14)18-12-6-5-7-13(11-12)19(21)22/h1,3-9,11,18H,10H2,(H,17,20). The van der Waals surface area contributed by atoms with E-state index in [1.54, 1.807) is 36.4 Å². The lowest BCUT2D eigenvalue weighted by molar-refractivity contribution is -0.384. The van der Waals surface area contributed by atoms with E-state index in [2.05, 4.69) is 16.6 Å². The zero-order chi connectivity index (χ0) is 15.9. The molecule has 0 aliphatic carbocycles. The van der Waals surface area contributed by atoms with Crippen LogP contribution in [0.1, 0.15) is 10.4 Å². The van der Waals surface area contributed by atoms with Gasteiger partial charge < -0.3 is 10.6 Å². The fraction of sp³-hybridized carbons (Fsp3) is 0.0625. The maximum Gasteiger partial charge on any atom is 0.271 e. The molecule has 0 unspecified atom stereocenters. The summed E-state index contributed by atoms with van der Waals surface area (Å²) in [7, 11) is 0. The predicted octanol–water partition coefficient (Wildman–Crippen LogP) is 2.70. The van der Waals surface area contributed by atoms with E-state index in [-0.39, 0.29) is 18.1 Å². The Bertz CT molecular complexity index is 750. The first-order valence-corrected chi connectivity index (χ1v) is 6.44. The maximum atomic E-state index is 12.0. The molecule has 0 bridgehead atoms. The molecule has 0 radical (unpaired) electrons. The average Bonchev–Trinajstić information content (AvgIpc) is 2.53. The zero-order valence-corrected chi connectivity index (χ0v) is 11.6. The topological polar surface area (TPSA) is 84.3 Å². The summed E-state index contributed by atoms with van der Waals surface area (Å²) in [6, 6.07) is 12.9. The third-order valence-corrected chi connectivity index (χ3v) is 2.86. The summed E-state index contributed by atoms with van der Waals surface area (Å²) in [5, 5.41) is 16.4. The predicted molar refractivity (Wildman–Crippen MR) is 84.0 cm³/mol. The van der Waals surface area contributed by atoms with E-state index in [0.29, 0.717) is 16.9 Å². The van der Waals surface area contributed by atoms with Crippen molar-refractivity contribution >= 4 is 23.0 Å². The van der Waals surface area contributed by atoms with Crippen LogP contribution in [0.25, 0.3) is 0 Å². The summed E-state index contributed by atoms with van der Waals surface area (Å²) < 4.78 is 0. The Hall–Kier alpha value is -3.33. The molecule has 0 aromatic heterocycles. The van der Waals surface area contributed by atoms with Gasteiger partial charge in [-0.15, -0.1) is 6.42 Å². The molecule has 6 heteroatoms. The number of carbonyl (C=O) groups excluding carboxylic acids is 1. The summed E-state index contributed by atoms with van der Waals surface area (Å²) in [4.78, 5) is 22.4. The summed E-state index contributed by atoms with van der Waals surface area (Å²) in [5.41, 5.74) is 1.44. The number of anilines is 2. The monoisotopic (exact) mass is 295 g/mol. The van der Waals surface area contributed by atoms with Gasteiger partial charge in [-0.25, -0.2) is 0 Å². The molecule has 0 spiro atoms. The number of para-hydroxylation sites is 1. The van der Waals surface area contributed by atoms with Gasteiger partial charge in [0.05, 0.1) is 22.7 Å². The van der Waals surface area contributed by atoms with Gasteiger partial charge in [0.2, 0.25) is 0 Å². The number of non-ortho nitro benzene ring substituents is 1.